The first-order valence-corrected chi connectivity index (χ1v) is 7.02. The van der Waals surface area contributed by atoms with Crippen LogP contribution < -0.4 is 0 Å². The first-order chi connectivity index (χ1) is 8.89. The molecule has 1 N–H and O–H groups in total. The Balaban J connectivity index is 2.25. The number of amides is 2. The molecule has 19 heavy (non-hydrogen) atoms. The third-order valence-electron chi connectivity index (χ3n) is 4.72. The summed E-state index contributed by atoms with van der Waals surface area (Å²) in [5.41, 5.74) is 0.0786. The first kappa shape index (κ1) is 14.3. The first-order valence-electron chi connectivity index (χ1n) is 7.02. The lowest BCUT2D eigenvalue weighted by molar-refractivity contribution is -0.150. The minimum Gasteiger partial charge on any atom is -0.373 e. The molecule has 4 unspecified atom stereocenters. The summed E-state index contributed by atoms with van der Waals surface area (Å²) in [7, 11) is 0. The topological polar surface area (TPSA) is 57.6 Å². The number of hydrogen-bond acceptors (Lipinski definition) is 3. The van der Waals surface area contributed by atoms with E-state index in [-0.39, 0.29) is 29.1 Å². The van der Waals surface area contributed by atoms with E-state index >= 15 is 0 Å². The second-order valence-electron chi connectivity index (χ2n) is 6.31. The van der Waals surface area contributed by atoms with Gasteiger partial charge in [0.15, 0.2) is 0 Å². The molecule has 1 aliphatic heterocycles. The van der Waals surface area contributed by atoms with Crippen LogP contribution in [0.25, 0.3) is 0 Å². The van der Waals surface area contributed by atoms with Gasteiger partial charge in [-0.3, -0.25) is 14.5 Å². The summed E-state index contributed by atoms with van der Waals surface area (Å²) in [6.07, 6.45) is 5.42. The predicted octanol–water partition coefficient (Wildman–Crippen LogP) is 2.08. The van der Waals surface area contributed by atoms with E-state index in [9.17, 15) is 14.7 Å². The lowest BCUT2D eigenvalue weighted by Crippen LogP contribution is -2.39. The number of carbonyl (C=O) groups is 2. The number of nitrogens with zero attached hydrogens (tertiary/aromatic N) is 1. The van der Waals surface area contributed by atoms with Crippen molar-refractivity contribution < 1.29 is 14.7 Å². The minimum absolute atomic E-state index is 0.0786. The van der Waals surface area contributed by atoms with Crippen molar-refractivity contribution in [2.75, 3.05) is 0 Å². The number of aliphatic hydroxyl groups is 1. The van der Waals surface area contributed by atoms with Gasteiger partial charge in [0.05, 0.1) is 0 Å². The second-order valence-corrected chi connectivity index (χ2v) is 6.31. The molecule has 1 saturated carbocycles. The quantitative estimate of drug-likeness (QED) is 0.778. The number of hydrogen-bond donors (Lipinski definition) is 1. The molecule has 2 amide bonds. The third-order valence-corrected chi connectivity index (χ3v) is 4.72. The Morgan fingerprint density at radius 2 is 2.32 bits per heavy atom. The molecule has 4 nitrogen and oxygen atoms in total. The van der Waals surface area contributed by atoms with E-state index in [0.29, 0.717) is 0 Å². The van der Waals surface area contributed by atoms with Crippen molar-refractivity contribution in [1.29, 1.82) is 0 Å². The Kier molecular flexibility index (Phi) is 3.81. The van der Waals surface area contributed by atoms with Crippen LogP contribution >= 0.6 is 0 Å². The molecule has 4 heteroatoms. The van der Waals surface area contributed by atoms with Gasteiger partial charge in [0, 0.05) is 18.8 Å². The molecule has 106 valence electrons. The van der Waals surface area contributed by atoms with E-state index in [1.165, 1.54) is 6.92 Å². The smallest absolute Gasteiger partial charge is 0.234 e. The molecule has 0 spiro atoms. The van der Waals surface area contributed by atoms with Gasteiger partial charge < -0.3 is 5.11 Å². The molecule has 1 saturated heterocycles. The van der Waals surface area contributed by atoms with E-state index in [1.807, 2.05) is 6.08 Å². The lowest BCUT2D eigenvalue weighted by Gasteiger charge is -2.31. The maximum Gasteiger partial charge on any atom is 0.234 e. The summed E-state index contributed by atoms with van der Waals surface area (Å²) < 4.78 is 0. The maximum atomic E-state index is 12.2. The van der Waals surface area contributed by atoms with Gasteiger partial charge in [0.1, 0.15) is 6.23 Å². The Labute approximate surface area is 114 Å². The Morgan fingerprint density at radius 3 is 2.89 bits per heavy atom. The molecule has 0 aromatic carbocycles. The molecule has 2 fully saturated rings. The van der Waals surface area contributed by atoms with Gasteiger partial charge in [-0.15, -0.1) is 6.58 Å². The molecule has 0 bridgehead atoms. The van der Waals surface area contributed by atoms with Gasteiger partial charge in [-0.05, 0) is 31.1 Å². The van der Waals surface area contributed by atoms with Crippen LogP contribution in [0.5, 0.6) is 0 Å². The molecular formula is C15H23NO3. The molecule has 1 aliphatic carbocycles. The SMILES string of the molecule is C=CCC1(C)CCCC2C(=O)N(C(C)=O)C(O)C2C1. The number of fused-ring (bicyclic) bond motifs is 1. The highest BCUT2D eigenvalue weighted by Gasteiger charge is 2.51. The summed E-state index contributed by atoms with van der Waals surface area (Å²) in [6, 6.07) is 0. The van der Waals surface area contributed by atoms with Crippen molar-refractivity contribution in [2.45, 2.75) is 52.2 Å². The number of rotatable bonds is 2. The molecule has 0 aromatic rings. The molecule has 2 rings (SSSR count). The van der Waals surface area contributed by atoms with Crippen LogP contribution in [-0.4, -0.2) is 28.0 Å². The van der Waals surface area contributed by atoms with Gasteiger partial charge in [-0.2, -0.15) is 0 Å². The molecule has 2 aliphatic rings. The fourth-order valence-electron chi connectivity index (χ4n) is 3.77. The summed E-state index contributed by atoms with van der Waals surface area (Å²) >= 11 is 0. The summed E-state index contributed by atoms with van der Waals surface area (Å²) in [5.74, 6) is -0.849. The van der Waals surface area contributed by atoms with Crippen molar-refractivity contribution >= 4 is 11.8 Å². The monoisotopic (exact) mass is 265 g/mol. The highest BCUT2D eigenvalue weighted by atomic mass is 16.3. The van der Waals surface area contributed by atoms with Gasteiger partial charge in [-0.1, -0.05) is 19.4 Å². The number of carbonyl (C=O) groups excluding carboxylic acids is 2. The molecule has 0 radical (unpaired) electrons. The zero-order valence-electron chi connectivity index (χ0n) is 11.8. The molecular weight excluding hydrogens is 242 g/mol. The number of likely N-dealkylation sites (tertiary alicyclic amines) is 1. The zero-order chi connectivity index (χ0) is 14.2. The summed E-state index contributed by atoms with van der Waals surface area (Å²) in [4.78, 5) is 24.8. The standard InChI is InChI=1S/C15H23NO3/c1-4-7-15(3)8-5-6-11-12(9-15)14(19)16(10(2)17)13(11)18/h4,11-12,14,19H,1,5-9H2,2-3H3. The van der Waals surface area contributed by atoms with E-state index in [0.717, 1.165) is 37.0 Å². The Bertz CT molecular complexity index is 406. The van der Waals surface area contributed by atoms with Crippen LogP contribution in [0.2, 0.25) is 0 Å². The fraction of sp³-hybridized carbons (Fsp3) is 0.733. The van der Waals surface area contributed by atoms with Gasteiger partial charge in [0.2, 0.25) is 11.8 Å². The highest BCUT2D eigenvalue weighted by Crippen LogP contribution is 2.47. The van der Waals surface area contributed by atoms with E-state index in [1.54, 1.807) is 0 Å². The Morgan fingerprint density at radius 1 is 1.63 bits per heavy atom. The number of aliphatic hydroxyl groups excluding tert-OH is 1. The largest absolute Gasteiger partial charge is 0.373 e. The average Bonchev–Trinajstić information content (AvgIpc) is 2.48. The second kappa shape index (κ2) is 5.08. The van der Waals surface area contributed by atoms with Crippen LogP contribution in [0, 0.1) is 17.3 Å². The highest BCUT2D eigenvalue weighted by molar-refractivity contribution is 5.97. The summed E-state index contributed by atoms with van der Waals surface area (Å²) in [6.45, 7) is 7.33. The van der Waals surface area contributed by atoms with Crippen molar-refractivity contribution in [3.05, 3.63) is 12.7 Å². The van der Waals surface area contributed by atoms with Crippen molar-refractivity contribution in [1.82, 2.24) is 4.90 Å². The van der Waals surface area contributed by atoms with Crippen molar-refractivity contribution in [3.63, 3.8) is 0 Å². The maximum absolute atomic E-state index is 12.2. The van der Waals surface area contributed by atoms with Crippen LogP contribution in [0.15, 0.2) is 12.7 Å². The van der Waals surface area contributed by atoms with Crippen LogP contribution in [-0.2, 0) is 9.59 Å². The Hall–Kier alpha value is -1.16. The van der Waals surface area contributed by atoms with Crippen LogP contribution in [0.4, 0.5) is 0 Å². The molecule has 0 aromatic heterocycles. The van der Waals surface area contributed by atoms with Gasteiger partial charge >= 0.3 is 0 Å². The fourth-order valence-corrected chi connectivity index (χ4v) is 3.77. The van der Waals surface area contributed by atoms with Crippen LogP contribution in [0.3, 0.4) is 0 Å². The number of imide groups is 1. The van der Waals surface area contributed by atoms with Crippen LogP contribution in [0.1, 0.15) is 46.0 Å². The van der Waals surface area contributed by atoms with Crippen molar-refractivity contribution in [3.8, 4) is 0 Å². The normalized spacial score (nSPS) is 38.8. The molecule has 4 atom stereocenters. The van der Waals surface area contributed by atoms with Gasteiger partial charge in [0.25, 0.3) is 0 Å². The summed E-state index contributed by atoms with van der Waals surface area (Å²) in [5, 5.41) is 10.3. The average molecular weight is 265 g/mol. The van der Waals surface area contributed by atoms with E-state index < -0.39 is 6.23 Å². The third kappa shape index (κ3) is 2.46. The van der Waals surface area contributed by atoms with E-state index in [4.69, 9.17) is 0 Å². The predicted molar refractivity (Wildman–Crippen MR) is 71.9 cm³/mol. The minimum atomic E-state index is -0.947. The molecule has 1 heterocycles. The van der Waals surface area contributed by atoms with Gasteiger partial charge in [-0.25, -0.2) is 0 Å². The lowest BCUT2D eigenvalue weighted by atomic mass is 9.75. The zero-order valence-corrected chi connectivity index (χ0v) is 11.8. The van der Waals surface area contributed by atoms with E-state index in [2.05, 4.69) is 13.5 Å². The number of allylic oxidation sites excluding steroid dienone is 1. The van der Waals surface area contributed by atoms with Crippen molar-refractivity contribution in [2.24, 2.45) is 17.3 Å².